The van der Waals surface area contributed by atoms with Gasteiger partial charge in [-0.25, -0.2) is 17.9 Å². The van der Waals surface area contributed by atoms with E-state index >= 15 is 0 Å². The Labute approximate surface area is 121 Å². The number of rotatable bonds is 7. The van der Waals surface area contributed by atoms with E-state index in [1.807, 2.05) is 0 Å². The fourth-order valence-electron chi connectivity index (χ4n) is 0.715. The second-order valence-corrected chi connectivity index (χ2v) is 6.31. The van der Waals surface area contributed by atoms with Crippen molar-refractivity contribution in [1.29, 1.82) is 0 Å². The molecule has 0 saturated heterocycles. The molecular formula is C6H6F8INO3S. The van der Waals surface area contributed by atoms with Gasteiger partial charge in [0.25, 0.3) is 10.0 Å². The van der Waals surface area contributed by atoms with Gasteiger partial charge in [-0.1, -0.05) is 6.92 Å². The molecular weight excluding hydrogens is 445 g/mol. The molecule has 0 rings (SSSR count). The third-order valence-electron chi connectivity index (χ3n) is 1.60. The maximum absolute atomic E-state index is 13.0. The number of ether oxygens (including phenoxy) is 1. The van der Waals surface area contributed by atoms with Crippen molar-refractivity contribution in [2.24, 2.45) is 0 Å². The maximum atomic E-state index is 13.0. The van der Waals surface area contributed by atoms with Gasteiger partial charge >= 0.3 is 21.4 Å². The van der Waals surface area contributed by atoms with Crippen LogP contribution in [0.25, 0.3) is 0 Å². The molecule has 0 aromatic heterocycles. The highest BCUT2D eigenvalue weighted by Crippen LogP contribution is 2.48. The summed E-state index contributed by atoms with van der Waals surface area (Å²) in [6.07, 6.45) is -12.4. The molecule has 0 heterocycles. The Balaban J connectivity index is 5.55. The van der Waals surface area contributed by atoms with E-state index in [2.05, 4.69) is 4.74 Å². The minimum atomic E-state index is -6.40. The number of nitrogens with one attached hydrogen (secondary N) is 1. The van der Waals surface area contributed by atoms with Crippen LogP contribution in [0.4, 0.5) is 35.1 Å². The van der Waals surface area contributed by atoms with Crippen LogP contribution in [-0.4, -0.2) is 36.4 Å². The van der Waals surface area contributed by atoms with E-state index in [-0.39, 0.29) is 22.6 Å². The van der Waals surface area contributed by atoms with Gasteiger partial charge in [0.1, 0.15) is 0 Å². The predicted molar refractivity (Wildman–Crippen MR) is 57.5 cm³/mol. The number of halogens is 9. The molecule has 1 N–H and O–H groups in total. The number of hydrogen-bond acceptors (Lipinski definition) is 3. The molecule has 0 aliphatic rings. The van der Waals surface area contributed by atoms with Gasteiger partial charge in [0, 0.05) is 29.1 Å². The Morgan fingerprint density at radius 2 is 1.40 bits per heavy atom. The Kier molecular flexibility index (Phi) is 5.69. The molecule has 0 aliphatic heterocycles. The third-order valence-corrected chi connectivity index (χ3v) is 3.81. The summed E-state index contributed by atoms with van der Waals surface area (Å²) in [5, 5.41) is -6.19. The lowest BCUT2D eigenvalue weighted by Crippen LogP contribution is -2.57. The fourth-order valence-corrected chi connectivity index (χ4v) is 1.74. The first-order chi connectivity index (χ1) is 8.52. The average Bonchev–Trinajstić information content (AvgIpc) is 2.12. The Bertz CT molecular complexity index is 448. The van der Waals surface area contributed by atoms with Crippen molar-refractivity contribution in [3.05, 3.63) is 0 Å². The van der Waals surface area contributed by atoms with Gasteiger partial charge in [0.2, 0.25) is 0 Å². The van der Waals surface area contributed by atoms with Gasteiger partial charge < -0.3 is 0 Å². The van der Waals surface area contributed by atoms with E-state index in [1.54, 1.807) is 0 Å². The highest BCUT2D eigenvalue weighted by Gasteiger charge is 2.73. The standard InChI is InChI=1S/C6H6F8INO3S/c1-2-16-20(17,18)6(13,14)5(11,12)19-4(9,10)3(7,8)15/h16H,2H2,1H3. The van der Waals surface area contributed by atoms with Gasteiger partial charge in [0.05, 0.1) is 0 Å². The molecule has 0 bridgehead atoms. The first-order valence-electron chi connectivity index (χ1n) is 4.41. The second-order valence-electron chi connectivity index (χ2n) is 3.15. The summed E-state index contributed by atoms with van der Waals surface area (Å²) in [6, 6.07) is 0. The van der Waals surface area contributed by atoms with E-state index in [1.165, 1.54) is 0 Å². The summed E-state index contributed by atoms with van der Waals surface area (Å²) < 4.78 is 120. The highest BCUT2D eigenvalue weighted by molar-refractivity contribution is 14.1. The van der Waals surface area contributed by atoms with Crippen LogP contribution in [0, 0.1) is 0 Å². The van der Waals surface area contributed by atoms with Crippen molar-refractivity contribution in [2.75, 3.05) is 6.54 Å². The predicted octanol–water partition coefficient (Wildman–Crippen LogP) is 2.75. The van der Waals surface area contributed by atoms with Crippen molar-refractivity contribution >= 4 is 32.6 Å². The van der Waals surface area contributed by atoms with Crippen LogP contribution in [0.5, 0.6) is 0 Å². The van der Waals surface area contributed by atoms with Crippen molar-refractivity contribution in [3.8, 4) is 0 Å². The summed E-state index contributed by atoms with van der Waals surface area (Å²) in [7, 11) is -6.12. The van der Waals surface area contributed by atoms with Crippen LogP contribution in [-0.2, 0) is 14.8 Å². The number of hydrogen-bond donors (Lipinski definition) is 1. The first-order valence-corrected chi connectivity index (χ1v) is 6.97. The summed E-state index contributed by atoms with van der Waals surface area (Å²) in [4.78, 5) is 0. The van der Waals surface area contributed by atoms with Crippen LogP contribution < -0.4 is 4.72 Å². The molecule has 0 aromatic carbocycles. The molecule has 0 spiro atoms. The molecule has 0 saturated carbocycles. The van der Waals surface area contributed by atoms with E-state index in [0.29, 0.717) is 0 Å². The minimum absolute atomic E-state index is 0.326. The Morgan fingerprint density at radius 3 is 1.70 bits per heavy atom. The molecule has 20 heavy (non-hydrogen) atoms. The molecule has 122 valence electrons. The zero-order chi connectivity index (χ0) is 16.6. The van der Waals surface area contributed by atoms with Crippen LogP contribution >= 0.6 is 22.6 Å². The second kappa shape index (κ2) is 5.68. The third kappa shape index (κ3) is 3.82. The van der Waals surface area contributed by atoms with E-state index in [9.17, 15) is 43.5 Å². The van der Waals surface area contributed by atoms with Crippen LogP contribution in [0.1, 0.15) is 6.92 Å². The smallest absolute Gasteiger partial charge is 0.244 e. The molecule has 14 heteroatoms. The number of sulfonamides is 1. The molecule has 0 fully saturated rings. The maximum Gasteiger partial charge on any atom is 0.448 e. The average molecular weight is 451 g/mol. The monoisotopic (exact) mass is 451 g/mol. The Hall–Kier alpha value is 0.0400. The summed E-state index contributed by atoms with van der Waals surface area (Å²) in [5.74, 6) is 0. The molecule has 4 nitrogen and oxygen atoms in total. The van der Waals surface area contributed by atoms with Gasteiger partial charge in [-0.3, -0.25) is 0 Å². The highest BCUT2D eigenvalue weighted by atomic mass is 127. The summed E-state index contributed by atoms with van der Waals surface area (Å²) >= 11 is -0.326. The zero-order valence-electron chi connectivity index (χ0n) is 9.24. The lowest BCUT2D eigenvalue weighted by atomic mass is 10.6. The van der Waals surface area contributed by atoms with Gasteiger partial charge in [-0.15, -0.1) is 0 Å². The molecule has 0 atom stereocenters. The van der Waals surface area contributed by atoms with Gasteiger partial charge in [-0.05, 0) is 0 Å². The van der Waals surface area contributed by atoms with E-state index in [0.717, 1.165) is 11.6 Å². The van der Waals surface area contributed by atoms with E-state index in [4.69, 9.17) is 0 Å². The van der Waals surface area contributed by atoms with Crippen LogP contribution in [0.2, 0.25) is 0 Å². The topological polar surface area (TPSA) is 55.4 Å². The van der Waals surface area contributed by atoms with Crippen molar-refractivity contribution in [2.45, 2.75) is 28.3 Å². The van der Waals surface area contributed by atoms with Crippen molar-refractivity contribution in [1.82, 2.24) is 4.72 Å². The van der Waals surface area contributed by atoms with Gasteiger partial charge in [-0.2, -0.15) is 35.1 Å². The van der Waals surface area contributed by atoms with Crippen LogP contribution in [0.3, 0.4) is 0 Å². The molecule has 0 aromatic rings. The SMILES string of the molecule is CCNS(=O)(=O)C(F)(F)C(F)(F)OC(F)(F)C(F)(F)I. The quantitative estimate of drug-likeness (QED) is 0.368. The largest absolute Gasteiger partial charge is 0.448 e. The Morgan fingerprint density at radius 1 is 1.00 bits per heavy atom. The first kappa shape index (κ1) is 20.0. The zero-order valence-corrected chi connectivity index (χ0v) is 12.2. The normalized spacial score (nSPS) is 15.5. The molecule has 0 radical (unpaired) electrons. The summed E-state index contributed by atoms with van der Waals surface area (Å²) in [5.41, 5.74) is 0. The minimum Gasteiger partial charge on any atom is -0.244 e. The van der Waals surface area contributed by atoms with E-state index < -0.39 is 38.0 Å². The van der Waals surface area contributed by atoms with Crippen molar-refractivity contribution < 1.29 is 48.3 Å². The lowest BCUT2D eigenvalue weighted by molar-refractivity contribution is -0.438. The molecule has 0 amide bonds. The molecule has 0 unspecified atom stereocenters. The lowest BCUT2D eigenvalue weighted by Gasteiger charge is -2.30. The van der Waals surface area contributed by atoms with Crippen molar-refractivity contribution in [3.63, 3.8) is 0 Å². The fraction of sp³-hybridized carbons (Fsp3) is 1.00. The number of alkyl halides is 9. The van der Waals surface area contributed by atoms with Gasteiger partial charge in [0.15, 0.2) is 0 Å². The molecule has 0 aliphatic carbocycles. The summed E-state index contributed by atoms with van der Waals surface area (Å²) in [6.45, 7) is 0.160. The van der Waals surface area contributed by atoms with Crippen LogP contribution in [0.15, 0.2) is 0 Å².